The van der Waals surface area contributed by atoms with E-state index in [0.717, 1.165) is 41.0 Å². The van der Waals surface area contributed by atoms with Crippen LogP contribution in [0.3, 0.4) is 0 Å². The van der Waals surface area contributed by atoms with Crippen LogP contribution in [0.4, 0.5) is 17.1 Å². The molecule has 3 amide bonds. The number of rotatable bonds is 10. The molecule has 8 nitrogen and oxygen atoms in total. The first-order valence-corrected chi connectivity index (χ1v) is 13.5. The molecule has 1 heterocycles. The molecule has 3 aromatic carbocycles. The molecule has 0 aliphatic carbocycles. The molecule has 9 heteroatoms. The molecule has 0 spiro atoms. The van der Waals surface area contributed by atoms with Crippen molar-refractivity contribution < 1.29 is 14.4 Å². The van der Waals surface area contributed by atoms with E-state index in [0.29, 0.717) is 35.1 Å². The zero-order valence-electron chi connectivity index (χ0n) is 23.2. The maximum Gasteiger partial charge on any atom is 0.258 e. The van der Waals surface area contributed by atoms with Crippen LogP contribution >= 0.6 is 11.6 Å². The third-order valence-electron chi connectivity index (χ3n) is 6.55. The van der Waals surface area contributed by atoms with Crippen molar-refractivity contribution in [1.29, 1.82) is 0 Å². The van der Waals surface area contributed by atoms with Crippen molar-refractivity contribution in [3.8, 4) is 0 Å². The van der Waals surface area contributed by atoms with Gasteiger partial charge in [0.25, 0.3) is 5.91 Å². The summed E-state index contributed by atoms with van der Waals surface area (Å²) in [6.45, 7) is 4.92. The van der Waals surface area contributed by atoms with Gasteiger partial charge in [0.05, 0.1) is 17.0 Å². The van der Waals surface area contributed by atoms with Crippen molar-refractivity contribution in [3.05, 3.63) is 88.4 Å². The summed E-state index contributed by atoms with van der Waals surface area (Å²) in [6.07, 6.45) is 0.857. The van der Waals surface area contributed by atoms with E-state index < -0.39 is 0 Å². The molecule has 0 radical (unpaired) electrons. The van der Waals surface area contributed by atoms with E-state index in [9.17, 15) is 14.4 Å². The second-order valence-electron chi connectivity index (χ2n) is 10.0. The molecule has 0 aromatic heterocycles. The number of fused-ring (bicyclic) bond motifs is 1. The Bertz CT molecular complexity index is 1450. The van der Waals surface area contributed by atoms with E-state index in [-0.39, 0.29) is 17.7 Å². The van der Waals surface area contributed by atoms with Gasteiger partial charge >= 0.3 is 0 Å². The van der Waals surface area contributed by atoms with Crippen LogP contribution in [0.1, 0.15) is 37.0 Å². The van der Waals surface area contributed by atoms with Crippen LogP contribution in [-0.2, 0) is 20.9 Å². The molecule has 0 saturated heterocycles. The summed E-state index contributed by atoms with van der Waals surface area (Å²) >= 11 is 6.19. The molecule has 3 N–H and O–H groups in total. The lowest BCUT2D eigenvalue weighted by molar-refractivity contribution is -0.119. The fourth-order valence-corrected chi connectivity index (χ4v) is 4.79. The Morgan fingerprint density at radius 2 is 1.70 bits per heavy atom. The summed E-state index contributed by atoms with van der Waals surface area (Å²) in [5.41, 5.74) is 5.73. The average molecular weight is 560 g/mol. The quantitative estimate of drug-likeness (QED) is 0.296. The lowest BCUT2D eigenvalue weighted by Crippen LogP contribution is -2.31. The highest BCUT2D eigenvalue weighted by Crippen LogP contribution is 2.39. The molecule has 1 aliphatic heterocycles. The predicted octanol–water partition coefficient (Wildman–Crippen LogP) is 5.21. The Hall–Kier alpha value is -4.14. The van der Waals surface area contributed by atoms with E-state index in [4.69, 9.17) is 11.6 Å². The first-order valence-electron chi connectivity index (χ1n) is 13.1. The molecule has 1 aliphatic rings. The minimum absolute atomic E-state index is 0.0175. The SMILES string of the molecule is CC(=O)NCc1cccc(C(Nc2ccc(N(CCCN(C)C)C(C)=O)cc2)=C2C(=O)Nc3cc(Cl)ccc32)c1. The van der Waals surface area contributed by atoms with Gasteiger partial charge in [-0.15, -0.1) is 0 Å². The molecular formula is C31H34ClN5O3. The second-order valence-corrected chi connectivity index (χ2v) is 10.4. The number of anilines is 3. The summed E-state index contributed by atoms with van der Waals surface area (Å²) in [5.74, 6) is -0.382. The van der Waals surface area contributed by atoms with Gasteiger partial charge in [-0.05, 0) is 80.7 Å². The van der Waals surface area contributed by atoms with Gasteiger partial charge in [-0.1, -0.05) is 35.9 Å². The first kappa shape index (κ1) is 28.9. The highest BCUT2D eigenvalue weighted by Gasteiger charge is 2.29. The second kappa shape index (κ2) is 12.8. The van der Waals surface area contributed by atoms with Crippen LogP contribution in [-0.4, -0.2) is 49.8 Å². The maximum atomic E-state index is 13.3. The van der Waals surface area contributed by atoms with Crippen molar-refractivity contribution in [2.45, 2.75) is 26.8 Å². The highest BCUT2D eigenvalue weighted by molar-refractivity contribution is 6.38. The van der Waals surface area contributed by atoms with Crippen LogP contribution in [0.15, 0.2) is 66.7 Å². The molecule has 0 saturated carbocycles. The van der Waals surface area contributed by atoms with E-state index in [1.807, 2.05) is 68.7 Å². The Morgan fingerprint density at radius 3 is 2.38 bits per heavy atom. The summed E-state index contributed by atoms with van der Waals surface area (Å²) in [4.78, 5) is 40.9. The van der Waals surface area contributed by atoms with Gasteiger partial charge in [-0.2, -0.15) is 0 Å². The van der Waals surface area contributed by atoms with Crippen LogP contribution in [0, 0.1) is 0 Å². The van der Waals surface area contributed by atoms with Crippen molar-refractivity contribution >= 4 is 57.7 Å². The third-order valence-corrected chi connectivity index (χ3v) is 6.78. The minimum atomic E-state index is -0.243. The number of nitrogens with zero attached hydrogens (tertiary/aromatic N) is 2. The average Bonchev–Trinajstić information content (AvgIpc) is 3.23. The van der Waals surface area contributed by atoms with Gasteiger partial charge in [0.1, 0.15) is 0 Å². The number of benzene rings is 3. The van der Waals surface area contributed by atoms with E-state index >= 15 is 0 Å². The Kier molecular flexibility index (Phi) is 9.24. The minimum Gasteiger partial charge on any atom is -0.354 e. The fraction of sp³-hybridized carbons (Fsp3) is 0.258. The number of nitrogens with one attached hydrogen (secondary N) is 3. The number of hydrogen-bond donors (Lipinski definition) is 3. The molecule has 4 rings (SSSR count). The van der Waals surface area contributed by atoms with Crippen molar-refractivity contribution in [3.63, 3.8) is 0 Å². The molecule has 208 valence electrons. The molecule has 0 bridgehead atoms. The van der Waals surface area contributed by atoms with Crippen LogP contribution in [0.5, 0.6) is 0 Å². The number of carbonyl (C=O) groups excluding carboxylic acids is 3. The zero-order valence-corrected chi connectivity index (χ0v) is 23.9. The van der Waals surface area contributed by atoms with Gasteiger partial charge in [0, 0.05) is 48.9 Å². The largest absolute Gasteiger partial charge is 0.354 e. The van der Waals surface area contributed by atoms with E-state index in [2.05, 4.69) is 20.9 Å². The summed E-state index contributed by atoms with van der Waals surface area (Å²) < 4.78 is 0. The standard InChI is InChI=1S/C31H34ClN5O3/c1-20(38)33-19-22-7-5-8-23(17-22)30(29-27-14-9-24(32)18-28(27)35-31(29)40)34-25-10-12-26(13-11-25)37(21(2)39)16-6-15-36(3)4/h5,7-14,17-18,34H,6,15-16,19H2,1-4H3,(H,33,38)(H,35,40). The van der Waals surface area contributed by atoms with Gasteiger partial charge in [0.2, 0.25) is 11.8 Å². The number of hydrogen-bond acceptors (Lipinski definition) is 5. The van der Waals surface area contributed by atoms with Crippen LogP contribution in [0.2, 0.25) is 5.02 Å². The third kappa shape index (κ3) is 7.08. The fourth-order valence-electron chi connectivity index (χ4n) is 4.62. The molecule has 0 fully saturated rings. The van der Waals surface area contributed by atoms with Crippen molar-refractivity contribution in [1.82, 2.24) is 10.2 Å². The summed E-state index contributed by atoms with van der Waals surface area (Å²) in [5, 5.41) is 9.73. The van der Waals surface area contributed by atoms with Crippen molar-refractivity contribution in [2.24, 2.45) is 0 Å². The van der Waals surface area contributed by atoms with Crippen molar-refractivity contribution in [2.75, 3.05) is 42.7 Å². The monoisotopic (exact) mass is 559 g/mol. The van der Waals surface area contributed by atoms with Gasteiger partial charge in [-0.3, -0.25) is 14.4 Å². The van der Waals surface area contributed by atoms with Crippen LogP contribution < -0.4 is 20.9 Å². The summed E-state index contributed by atoms with van der Waals surface area (Å²) in [7, 11) is 4.02. The highest BCUT2D eigenvalue weighted by atomic mass is 35.5. The molecule has 0 atom stereocenters. The molecule has 3 aromatic rings. The number of halogens is 1. The molecule has 0 unspecified atom stereocenters. The van der Waals surface area contributed by atoms with Crippen LogP contribution in [0.25, 0.3) is 11.3 Å². The summed E-state index contributed by atoms with van der Waals surface area (Å²) in [6, 6.07) is 20.6. The van der Waals surface area contributed by atoms with Gasteiger partial charge < -0.3 is 25.8 Å². The molecular weight excluding hydrogens is 526 g/mol. The number of carbonyl (C=O) groups is 3. The predicted molar refractivity (Wildman–Crippen MR) is 162 cm³/mol. The Balaban J connectivity index is 1.71. The maximum absolute atomic E-state index is 13.3. The lowest BCUT2D eigenvalue weighted by atomic mass is 9.98. The van der Waals surface area contributed by atoms with Gasteiger partial charge in [-0.25, -0.2) is 0 Å². The number of amides is 3. The topological polar surface area (TPSA) is 93.8 Å². The van der Waals surface area contributed by atoms with Gasteiger partial charge in [0.15, 0.2) is 0 Å². The van der Waals surface area contributed by atoms with E-state index in [1.165, 1.54) is 6.92 Å². The Labute approximate surface area is 240 Å². The normalized spacial score (nSPS) is 13.5. The first-order chi connectivity index (χ1) is 19.1. The van der Waals surface area contributed by atoms with E-state index in [1.54, 1.807) is 24.0 Å². The smallest absolute Gasteiger partial charge is 0.258 e. The molecule has 40 heavy (non-hydrogen) atoms. The lowest BCUT2D eigenvalue weighted by Gasteiger charge is -2.23. The zero-order chi connectivity index (χ0) is 28.8. The Morgan fingerprint density at radius 1 is 0.950 bits per heavy atom.